The van der Waals surface area contributed by atoms with Crippen LogP contribution in [0.25, 0.3) is 0 Å². The van der Waals surface area contributed by atoms with Gasteiger partial charge >= 0.3 is 0 Å². The fourth-order valence-corrected chi connectivity index (χ4v) is 3.45. The number of aryl methyl sites for hydroxylation is 1. The van der Waals surface area contributed by atoms with E-state index in [-0.39, 0.29) is 6.10 Å². The van der Waals surface area contributed by atoms with Crippen LogP contribution in [0.4, 0.5) is 5.69 Å². The van der Waals surface area contributed by atoms with Gasteiger partial charge in [0.25, 0.3) is 0 Å². The maximum atomic E-state index is 6.04. The van der Waals surface area contributed by atoms with E-state index in [9.17, 15) is 0 Å². The highest BCUT2D eigenvalue weighted by Gasteiger charge is 2.30. The molecule has 0 spiro atoms. The molecule has 2 atom stereocenters. The van der Waals surface area contributed by atoms with Gasteiger partial charge in [0.2, 0.25) is 0 Å². The first-order chi connectivity index (χ1) is 12.8. The molecule has 0 amide bonds. The fourth-order valence-electron chi connectivity index (χ4n) is 3.45. The second-order valence-electron chi connectivity index (χ2n) is 6.75. The monoisotopic (exact) mass is 352 g/mol. The summed E-state index contributed by atoms with van der Waals surface area (Å²) >= 11 is 0. The summed E-state index contributed by atoms with van der Waals surface area (Å²) in [7, 11) is 2.02. The Kier molecular flexibility index (Phi) is 4.97. The number of aromatic nitrogens is 5. The summed E-state index contributed by atoms with van der Waals surface area (Å²) in [5.74, 6) is 1.40. The molecule has 136 valence electrons. The summed E-state index contributed by atoms with van der Waals surface area (Å²) in [5, 5.41) is 7.96. The molecule has 1 saturated heterocycles. The van der Waals surface area contributed by atoms with Crippen LogP contribution in [0.1, 0.15) is 30.3 Å². The minimum Gasteiger partial charge on any atom is -0.382 e. The molecule has 0 saturated carbocycles. The van der Waals surface area contributed by atoms with Gasteiger partial charge in [-0.15, -0.1) is 0 Å². The highest BCUT2D eigenvalue weighted by atomic mass is 16.5. The second-order valence-corrected chi connectivity index (χ2v) is 6.75. The van der Waals surface area contributed by atoms with E-state index in [0.717, 1.165) is 44.0 Å². The Morgan fingerprint density at radius 3 is 2.96 bits per heavy atom. The van der Waals surface area contributed by atoms with Crippen molar-refractivity contribution in [1.82, 2.24) is 24.3 Å². The lowest BCUT2D eigenvalue weighted by Gasteiger charge is -2.31. The van der Waals surface area contributed by atoms with Crippen LogP contribution in [-0.4, -0.2) is 37.5 Å². The normalized spacial score (nSPS) is 20.2. The van der Waals surface area contributed by atoms with Crippen LogP contribution in [0.5, 0.6) is 0 Å². The zero-order valence-corrected chi connectivity index (χ0v) is 15.0. The van der Waals surface area contributed by atoms with Gasteiger partial charge in [0.05, 0.1) is 18.4 Å². The lowest BCUT2D eigenvalue weighted by atomic mass is 9.93. The van der Waals surface area contributed by atoms with E-state index in [1.807, 2.05) is 48.6 Å². The van der Waals surface area contributed by atoms with Crippen LogP contribution in [0.2, 0.25) is 0 Å². The molecule has 0 aromatic carbocycles. The first-order valence-electron chi connectivity index (χ1n) is 9.03. The number of rotatable bonds is 6. The van der Waals surface area contributed by atoms with E-state index in [1.165, 1.54) is 5.56 Å². The molecule has 0 radical (unpaired) electrons. The molecular weight excluding hydrogens is 328 g/mol. The molecule has 1 aliphatic rings. The number of imidazole rings is 1. The first-order valence-corrected chi connectivity index (χ1v) is 9.03. The predicted octanol–water partition coefficient (Wildman–Crippen LogP) is 2.64. The Balaban J connectivity index is 1.38. The number of nitrogens with one attached hydrogen (secondary N) is 1. The molecule has 4 heterocycles. The number of hydrogen-bond donors (Lipinski definition) is 1. The quantitative estimate of drug-likeness (QED) is 0.738. The van der Waals surface area contributed by atoms with Crippen molar-refractivity contribution in [3.63, 3.8) is 0 Å². The molecule has 7 heteroatoms. The predicted molar refractivity (Wildman–Crippen MR) is 98.7 cm³/mol. The molecule has 0 unspecified atom stereocenters. The summed E-state index contributed by atoms with van der Waals surface area (Å²) in [6.45, 7) is 2.39. The van der Waals surface area contributed by atoms with E-state index in [0.29, 0.717) is 5.92 Å². The molecule has 26 heavy (non-hydrogen) atoms. The van der Waals surface area contributed by atoms with E-state index >= 15 is 0 Å². The van der Waals surface area contributed by atoms with Crippen molar-refractivity contribution < 1.29 is 4.74 Å². The summed E-state index contributed by atoms with van der Waals surface area (Å²) in [5.41, 5.74) is 2.22. The van der Waals surface area contributed by atoms with E-state index in [1.54, 1.807) is 12.4 Å². The summed E-state index contributed by atoms with van der Waals surface area (Å²) in [6, 6.07) is 4.01. The topological polar surface area (TPSA) is 69.8 Å². The molecule has 3 aromatic rings. The van der Waals surface area contributed by atoms with Crippen molar-refractivity contribution in [2.24, 2.45) is 13.0 Å². The Bertz CT molecular complexity index is 827. The highest BCUT2D eigenvalue weighted by molar-refractivity contribution is 5.38. The second kappa shape index (κ2) is 7.70. The molecule has 1 aliphatic heterocycles. The third kappa shape index (κ3) is 3.77. The van der Waals surface area contributed by atoms with Crippen LogP contribution in [0, 0.1) is 5.92 Å². The van der Waals surface area contributed by atoms with Crippen LogP contribution < -0.4 is 5.32 Å². The average molecular weight is 352 g/mol. The Labute approximate surface area is 153 Å². The molecule has 0 aliphatic carbocycles. The van der Waals surface area contributed by atoms with Gasteiger partial charge in [-0.3, -0.25) is 9.67 Å². The Morgan fingerprint density at radius 1 is 1.27 bits per heavy atom. The number of pyridine rings is 1. The van der Waals surface area contributed by atoms with E-state index in [4.69, 9.17) is 4.74 Å². The van der Waals surface area contributed by atoms with E-state index in [2.05, 4.69) is 25.0 Å². The van der Waals surface area contributed by atoms with Crippen molar-refractivity contribution in [2.45, 2.75) is 25.5 Å². The molecule has 1 N–H and O–H groups in total. The SMILES string of the molecule is Cn1ccnc1[C@@H]1OCCC[C@H]1CNc1cnn(Cc2ccncc2)c1. The molecule has 1 fully saturated rings. The summed E-state index contributed by atoms with van der Waals surface area (Å²) in [4.78, 5) is 8.53. The molecule has 4 rings (SSSR count). The standard InChI is InChI=1S/C19H24N6O/c1-24-9-8-21-19(24)18-16(3-2-10-26-18)11-22-17-12-23-25(14-17)13-15-4-6-20-7-5-15/h4-9,12,14,16,18,22H,2-3,10-11,13H2,1H3/t16-,18+/m0/s1. The van der Waals surface area contributed by atoms with Crippen LogP contribution in [-0.2, 0) is 18.3 Å². The number of anilines is 1. The zero-order chi connectivity index (χ0) is 17.8. The van der Waals surface area contributed by atoms with Crippen molar-refractivity contribution in [1.29, 1.82) is 0 Å². The van der Waals surface area contributed by atoms with Gasteiger partial charge in [-0.2, -0.15) is 5.10 Å². The zero-order valence-electron chi connectivity index (χ0n) is 15.0. The maximum Gasteiger partial charge on any atom is 0.138 e. The van der Waals surface area contributed by atoms with Crippen LogP contribution in [0.15, 0.2) is 49.3 Å². The molecular formula is C19H24N6O. The fraction of sp³-hybridized carbons (Fsp3) is 0.421. The smallest absolute Gasteiger partial charge is 0.138 e. The Hall–Kier alpha value is -2.67. The lowest BCUT2D eigenvalue weighted by molar-refractivity contribution is -0.0304. The van der Waals surface area contributed by atoms with Crippen LogP contribution >= 0.6 is 0 Å². The summed E-state index contributed by atoms with van der Waals surface area (Å²) < 4.78 is 10.0. The highest BCUT2D eigenvalue weighted by Crippen LogP contribution is 2.32. The van der Waals surface area contributed by atoms with Gasteiger partial charge in [-0.1, -0.05) is 0 Å². The molecule has 0 bridgehead atoms. The number of nitrogens with zero attached hydrogens (tertiary/aromatic N) is 5. The first kappa shape index (κ1) is 16.8. The largest absolute Gasteiger partial charge is 0.382 e. The third-order valence-corrected chi connectivity index (χ3v) is 4.85. The van der Waals surface area contributed by atoms with Crippen molar-refractivity contribution in [3.8, 4) is 0 Å². The van der Waals surface area contributed by atoms with Gasteiger partial charge in [-0.05, 0) is 30.5 Å². The van der Waals surface area contributed by atoms with Gasteiger partial charge in [-0.25, -0.2) is 4.98 Å². The molecule has 7 nitrogen and oxygen atoms in total. The lowest BCUT2D eigenvalue weighted by Crippen LogP contribution is -2.30. The Morgan fingerprint density at radius 2 is 2.15 bits per heavy atom. The maximum absolute atomic E-state index is 6.04. The van der Waals surface area contributed by atoms with E-state index < -0.39 is 0 Å². The van der Waals surface area contributed by atoms with Crippen molar-refractivity contribution in [3.05, 3.63) is 60.7 Å². The van der Waals surface area contributed by atoms with Crippen molar-refractivity contribution in [2.75, 3.05) is 18.5 Å². The van der Waals surface area contributed by atoms with Crippen molar-refractivity contribution >= 4 is 5.69 Å². The third-order valence-electron chi connectivity index (χ3n) is 4.85. The average Bonchev–Trinajstić information content (AvgIpc) is 3.30. The van der Waals surface area contributed by atoms with Gasteiger partial charge in [0.15, 0.2) is 0 Å². The van der Waals surface area contributed by atoms with Gasteiger partial charge in [0.1, 0.15) is 11.9 Å². The minimum atomic E-state index is 0.0445. The number of hydrogen-bond acceptors (Lipinski definition) is 5. The number of ether oxygens (including phenoxy) is 1. The molecule has 3 aromatic heterocycles. The minimum absolute atomic E-state index is 0.0445. The van der Waals surface area contributed by atoms with Gasteiger partial charge < -0.3 is 14.6 Å². The van der Waals surface area contributed by atoms with Gasteiger partial charge in [0, 0.05) is 57.1 Å². The van der Waals surface area contributed by atoms with Crippen LogP contribution in [0.3, 0.4) is 0 Å². The summed E-state index contributed by atoms with van der Waals surface area (Å²) in [6.07, 6.45) is 13.6.